The maximum Gasteiger partial charge on any atom is 0.233 e. The number of nitrogens with zero attached hydrogens (tertiary/aromatic N) is 4. The number of amides is 1. The second kappa shape index (κ2) is 14.3. The van der Waals surface area contributed by atoms with Gasteiger partial charge in [-0.3, -0.25) is 14.8 Å². The summed E-state index contributed by atoms with van der Waals surface area (Å²) in [5, 5.41) is 4.45. The fourth-order valence-corrected chi connectivity index (χ4v) is 6.61. The number of carbonyl (C=O) groups is 1. The van der Waals surface area contributed by atoms with Crippen LogP contribution in [0.25, 0.3) is 0 Å². The summed E-state index contributed by atoms with van der Waals surface area (Å²) in [6.45, 7) is 11.6. The highest BCUT2D eigenvalue weighted by molar-refractivity contribution is 7.89. The lowest BCUT2D eigenvalue weighted by Crippen LogP contribution is -2.38. The van der Waals surface area contributed by atoms with Crippen LogP contribution in [-0.4, -0.2) is 49.4 Å². The first-order chi connectivity index (χ1) is 20.5. The Balaban J connectivity index is 1.66. The van der Waals surface area contributed by atoms with Crippen molar-refractivity contribution >= 4 is 23.0 Å². The summed E-state index contributed by atoms with van der Waals surface area (Å²) >= 11 is -1.35. The normalized spacial score (nSPS) is 18.4. The molecule has 0 spiro atoms. The quantitative estimate of drug-likeness (QED) is 0.166. The number of nitrogens with one attached hydrogen (secondary N) is 1. The Labute approximate surface area is 257 Å². The molecule has 4 rings (SSSR count). The van der Waals surface area contributed by atoms with Crippen molar-refractivity contribution in [2.24, 2.45) is 22.9 Å². The minimum atomic E-state index is -1.35. The number of benzene rings is 1. The number of ether oxygens (including phenoxy) is 1. The zero-order valence-electron chi connectivity index (χ0n) is 25.6. The number of hydrazine groups is 1. The predicted molar refractivity (Wildman–Crippen MR) is 169 cm³/mol. The van der Waals surface area contributed by atoms with Gasteiger partial charge in [0.25, 0.3) is 0 Å². The van der Waals surface area contributed by atoms with Crippen LogP contribution in [0, 0.1) is 18.3 Å². The molecule has 1 aromatic carbocycles. The van der Waals surface area contributed by atoms with Crippen LogP contribution >= 0.6 is 0 Å². The van der Waals surface area contributed by atoms with Crippen molar-refractivity contribution in [3.05, 3.63) is 95.3 Å². The lowest BCUT2D eigenvalue weighted by molar-refractivity contribution is -0.133. The Morgan fingerprint density at radius 1 is 1.28 bits per heavy atom. The van der Waals surface area contributed by atoms with E-state index in [1.165, 1.54) is 5.01 Å². The van der Waals surface area contributed by atoms with Gasteiger partial charge in [-0.1, -0.05) is 25.1 Å². The van der Waals surface area contributed by atoms with Crippen LogP contribution in [0.4, 0.5) is 5.69 Å². The first-order valence-electron chi connectivity index (χ1n) is 14.5. The van der Waals surface area contributed by atoms with E-state index < -0.39 is 22.9 Å². The van der Waals surface area contributed by atoms with Gasteiger partial charge in [0.05, 0.1) is 59.8 Å². The van der Waals surface area contributed by atoms with Crippen molar-refractivity contribution in [2.45, 2.75) is 58.6 Å². The second-order valence-corrected chi connectivity index (χ2v) is 13.1. The molecule has 230 valence electrons. The van der Waals surface area contributed by atoms with E-state index in [4.69, 9.17) is 16.3 Å². The van der Waals surface area contributed by atoms with E-state index in [0.29, 0.717) is 36.9 Å². The number of pyridine rings is 2. The van der Waals surface area contributed by atoms with E-state index in [-0.39, 0.29) is 12.5 Å². The first kappa shape index (κ1) is 32.4. The van der Waals surface area contributed by atoms with Crippen molar-refractivity contribution < 1.29 is 14.1 Å². The van der Waals surface area contributed by atoms with Crippen LogP contribution in [0.3, 0.4) is 0 Å². The van der Waals surface area contributed by atoms with Crippen LogP contribution in [0.1, 0.15) is 56.1 Å². The van der Waals surface area contributed by atoms with Gasteiger partial charge >= 0.3 is 0 Å². The monoisotopic (exact) mass is 605 g/mol. The Kier molecular flexibility index (Phi) is 10.8. The Bertz CT molecular complexity index is 1420. The van der Waals surface area contributed by atoms with Gasteiger partial charge in [-0.2, -0.15) is 0 Å². The third kappa shape index (κ3) is 8.12. The fraction of sp³-hybridized carbons (Fsp3) is 0.406. The molecule has 3 aromatic rings. The van der Waals surface area contributed by atoms with Crippen molar-refractivity contribution in [3.63, 3.8) is 0 Å². The minimum absolute atomic E-state index is 0.0720. The number of rotatable bonds is 11. The molecule has 2 aromatic heterocycles. The van der Waals surface area contributed by atoms with Gasteiger partial charge in [-0.15, -0.1) is 4.31 Å². The highest BCUT2D eigenvalue weighted by Crippen LogP contribution is 2.39. The molecule has 43 heavy (non-hydrogen) atoms. The van der Waals surface area contributed by atoms with Crippen LogP contribution in [0.5, 0.6) is 0 Å². The molecule has 3 atom stereocenters. The molecule has 3 heterocycles. The molecule has 0 saturated heterocycles. The Hall–Kier alpha value is -3.48. The number of aryl methyl sites for hydroxylation is 1. The summed E-state index contributed by atoms with van der Waals surface area (Å²) < 4.78 is 22.1. The van der Waals surface area contributed by atoms with Crippen molar-refractivity contribution in [3.8, 4) is 0 Å². The molecule has 11 heteroatoms. The van der Waals surface area contributed by atoms with Gasteiger partial charge in [0, 0.05) is 37.2 Å². The Morgan fingerprint density at radius 3 is 2.77 bits per heavy atom. The third-order valence-corrected chi connectivity index (χ3v) is 9.16. The molecule has 0 bridgehead atoms. The summed E-state index contributed by atoms with van der Waals surface area (Å²) in [5.41, 5.74) is 10.2. The number of aromatic nitrogens is 2. The molecule has 0 radical (unpaired) electrons. The molecule has 1 aliphatic rings. The summed E-state index contributed by atoms with van der Waals surface area (Å²) in [6, 6.07) is 11.6. The third-order valence-electron chi connectivity index (χ3n) is 7.67. The second-order valence-electron chi connectivity index (χ2n) is 11.7. The average Bonchev–Trinajstić information content (AvgIpc) is 3.10. The van der Waals surface area contributed by atoms with E-state index in [1.807, 2.05) is 50.2 Å². The standard InChI is InChI=1S/C32H43N7O3S/c1-6-38(34)20-27(33)21-42-30(32(4,5)31(40)37-28-8-7-12-35-16-28)25-10-9-23(3)26(15-25)19-39-18-22(2)14-24-11-13-36-17-29(24)43(39)41/h7-13,15-17,20,22,30H,6,14,18-19,21,33-34H2,1-5H3,(H,37,40)/b27-20-. The van der Waals surface area contributed by atoms with Gasteiger partial charge in [0.15, 0.2) is 4.90 Å². The van der Waals surface area contributed by atoms with Crippen molar-refractivity contribution in [1.82, 2.24) is 19.3 Å². The summed E-state index contributed by atoms with van der Waals surface area (Å²) in [7, 11) is 0. The van der Waals surface area contributed by atoms with E-state index in [9.17, 15) is 9.35 Å². The molecule has 0 aliphatic carbocycles. The lowest BCUT2D eigenvalue weighted by Gasteiger charge is -2.34. The summed E-state index contributed by atoms with van der Waals surface area (Å²) in [4.78, 5) is 22.8. The molecule has 0 fully saturated rings. The van der Waals surface area contributed by atoms with E-state index in [2.05, 4.69) is 28.3 Å². The van der Waals surface area contributed by atoms with Crippen molar-refractivity contribution in [1.29, 1.82) is 0 Å². The zero-order valence-corrected chi connectivity index (χ0v) is 26.4. The topological polar surface area (TPSA) is 146 Å². The zero-order chi connectivity index (χ0) is 31.1. The van der Waals surface area contributed by atoms with E-state index in [0.717, 1.165) is 33.6 Å². The molecule has 5 N–H and O–H groups in total. The smallest absolute Gasteiger partial charge is 0.233 e. The van der Waals surface area contributed by atoms with E-state index in [1.54, 1.807) is 43.1 Å². The van der Waals surface area contributed by atoms with Gasteiger partial charge < -0.3 is 25.3 Å². The molecular weight excluding hydrogens is 562 g/mol. The predicted octanol–water partition coefficient (Wildman–Crippen LogP) is 4.22. The van der Waals surface area contributed by atoms with Crippen LogP contribution in [0.2, 0.25) is 0 Å². The van der Waals surface area contributed by atoms with Gasteiger partial charge in [-0.05, 0) is 74.9 Å². The number of fused-ring (bicyclic) bond motifs is 1. The lowest BCUT2D eigenvalue weighted by atomic mass is 9.80. The number of hydrogen-bond donors (Lipinski definition) is 3. The maximum absolute atomic E-state index is 13.7. The molecule has 1 amide bonds. The van der Waals surface area contributed by atoms with Crippen LogP contribution in [0.15, 0.2) is 78.0 Å². The number of nitrogens with two attached hydrogens (primary N) is 2. The molecule has 0 saturated carbocycles. The van der Waals surface area contributed by atoms with Gasteiger partial charge in [0.2, 0.25) is 5.91 Å². The molecule has 10 nitrogen and oxygen atoms in total. The highest BCUT2D eigenvalue weighted by Gasteiger charge is 2.40. The maximum atomic E-state index is 13.7. The average molecular weight is 606 g/mol. The van der Waals surface area contributed by atoms with Crippen LogP contribution < -0.4 is 16.9 Å². The molecule has 3 unspecified atom stereocenters. The first-order valence-corrected chi connectivity index (χ1v) is 15.6. The largest absolute Gasteiger partial charge is 0.593 e. The minimum Gasteiger partial charge on any atom is -0.593 e. The van der Waals surface area contributed by atoms with Crippen molar-refractivity contribution in [2.75, 3.05) is 25.0 Å². The van der Waals surface area contributed by atoms with Crippen LogP contribution in [-0.2, 0) is 33.9 Å². The summed E-state index contributed by atoms with van der Waals surface area (Å²) in [5.74, 6) is 6.01. The molecule has 1 aliphatic heterocycles. The SMILES string of the molecule is CCN(N)/C=C(\N)COC(c1ccc(C)c(CN2CC(C)Cc3ccncc3[S+]2[O-])c1)C(C)(C)C(=O)Nc1cccnc1. The van der Waals surface area contributed by atoms with Gasteiger partial charge in [-0.25, -0.2) is 5.84 Å². The number of carbonyl (C=O) groups excluding carboxylic acids is 1. The van der Waals surface area contributed by atoms with E-state index >= 15 is 0 Å². The summed E-state index contributed by atoms with van der Waals surface area (Å²) in [6.07, 6.45) is 8.54. The number of hydrogen-bond acceptors (Lipinski definition) is 9. The van der Waals surface area contributed by atoms with Gasteiger partial charge in [0.1, 0.15) is 0 Å². The highest BCUT2D eigenvalue weighted by atomic mass is 32.2. The molecular formula is C32H43N7O3S. The number of anilines is 1. The fourth-order valence-electron chi connectivity index (χ4n) is 5.16. The Morgan fingerprint density at radius 2 is 2.05 bits per heavy atom.